The number of hydrogen-bond acceptors (Lipinski definition) is 0. The van der Waals surface area contributed by atoms with E-state index in [1.807, 2.05) is 12.2 Å². The van der Waals surface area contributed by atoms with Crippen LogP contribution in [0.15, 0.2) is 18.2 Å². The summed E-state index contributed by atoms with van der Waals surface area (Å²) in [5, 5.41) is 0. The maximum Gasteiger partial charge on any atom is 4.00 e. The molecule has 12 heavy (non-hydrogen) atoms. The normalized spacial score (nSPS) is 10.3. The Balaban J connectivity index is -0.0000000436. The van der Waals surface area contributed by atoms with Gasteiger partial charge < -0.3 is 20.8 Å². The minimum Gasteiger partial charge on any atom is -0.358 e. The van der Waals surface area contributed by atoms with E-state index in [2.05, 4.69) is 32.9 Å². The van der Waals surface area contributed by atoms with Crippen molar-refractivity contribution in [2.75, 3.05) is 0 Å². The molecule has 0 amide bonds. The summed E-state index contributed by atoms with van der Waals surface area (Å²) in [6.45, 7) is 6.25. The SMILES string of the molecule is C[C-](C)C.[C-]1=CC=CC1.[CH3-].[CH3-].[Ti+4]. The van der Waals surface area contributed by atoms with Crippen LogP contribution in [0.25, 0.3) is 0 Å². The Kier molecular flexibility index (Phi) is 32.9. The van der Waals surface area contributed by atoms with E-state index in [9.17, 15) is 0 Å². The zero-order valence-electron chi connectivity index (χ0n) is 8.94. The molecule has 0 N–H and O–H groups in total. The van der Waals surface area contributed by atoms with Crippen LogP contribution in [0.3, 0.4) is 0 Å². The molecule has 1 rings (SSSR count). The van der Waals surface area contributed by atoms with Crippen LogP contribution in [0.2, 0.25) is 0 Å². The predicted octanol–water partition coefficient (Wildman–Crippen LogP) is 3.82. The summed E-state index contributed by atoms with van der Waals surface area (Å²) in [6.07, 6.45) is 10.0. The molecule has 1 aliphatic carbocycles. The summed E-state index contributed by atoms with van der Waals surface area (Å²) in [5.74, 6) is 1.42. The van der Waals surface area contributed by atoms with Crippen molar-refractivity contribution in [2.24, 2.45) is 0 Å². The van der Waals surface area contributed by atoms with E-state index in [4.69, 9.17) is 0 Å². The molecule has 0 aliphatic heterocycles. The predicted molar refractivity (Wildman–Crippen MR) is 54.7 cm³/mol. The molecule has 0 nitrogen and oxygen atoms in total. The Labute approximate surface area is 94.0 Å². The maximum absolute atomic E-state index is 2.99. The van der Waals surface area contributed by atoms with Gasteiger partial charge in [0, 0.05) is 0 Å². The summed E-state index contributed by atoms with van der Waals surface area (Å²) in [7, 11) is 0. The van der Waals surface area contributed by atoms with Gasteiger partial charge in [-0.15, -0.1) is 6.42 Å². The number of allylic oxidation sites excluding steroid dienone is 4. The molecule has 0 heterocycles. The third kappa shape index (κ3) is 31.9. The molecule has 1 aliphatic rings. The van der Waals surface area contributed by atoms with Crippen molar-refractivity contribution in [2.45, 2.75) is 27.2 Å². The van der Waals surface area contributed by atoms with Crippen LogP contribution < -0.4 is 0 Å². The van der Waals surface area contributed by atoms with Crippen LogP contribution in [0.1, 0.15) is 27.2 Å². The van der Waals surface area contributed by atoms with E-state index in [1.54, 1.807) is 0 Å². The van der Waals surface area contributed by atoms with Gasteiger partial charge in [-0.3, -0.25) is 6.08 Å². The van der Waals surface area contributed by atoms with E-state index < -0.39 is 0 Å². The molecule has 0 aromatic heterocycles. The van der Waals surface area contributed by atoms with Crippen LogP contribution in [-0.2, 0) is 21.7 Å². The monoisotopic (exact) mass is 200 g/mol. The fourth-order valence-electron chi connectivity index (χ4n) is 0.340. The average Bonchev–Trinajstić information content (AvgIpc) is 2.11. The zero-order valence-corrected chi connectivity index (χ0v) is 10.5. The van der Waals surface area contributed by atoms with Gasteiger partial charge in [0.15, 0.2) is 0 Å². The fraction of sp³-hybridized carbons (Fsp3) is 0.364. The van der Waals surface area contributed by atoms with Gasteiger partial charge in [0.25, 0.3) is 0 Å². The van der Waals surface area contributed by atoms with Crippen LogP contribution in [-0.4, -0.2) is 0 Å². The summed E-state index contributed by atoms with van der Waals surface area (Å²) < 4.78 is 0. The molecule has 0 fully saturated rings. The molecule has 0 aromatic carbocycles. The van der Waals surface area contributed by atoms with Crippen molar-refractivity contribution >= 4 is 0 Å². The van der Waals surface area contributed by atoms with Gasteiger partial charge in [0.1, 0.15) is 0 Å². The van der Waals surface area contributed by atoms with Gasteiger partial charge >= 0.3 is 21.7 Å². The topological polar surface area (TPSA) is 0 Å². The van der Waals surface area contributed by atoms with Crippen LogP contribution in [0.5, 0.6) is 0 Å². The quantitative estimate of drug-likeness (QED) is 0.412. The second kappa shape index (κ2) is 17.3. The second-order valence-electron chi connectivity index (χ2n) is 2.50. The average molecular weight is 200 g/mol. The van der Waals surface area contributed by atoms with Crippen molar-refractivity contribution in [3.05, 3.63) is 45.1 Å². The van der Waals surface area contributed by atoms with E-state index >= 15 is 0 Å². The Hall–Kier alpha value is 0.194. The third-order valence-electron chi connectivity index (χ3n) is 0.586. The van der Waals surface area contributed by atoms with Crippen molar-refractivity contribution in [1.82, 2.24) is 0 Å². The first-order valence-corrected chi connectivity index (χ1v) is 3.22. The molecule has 0 atom stereocenters. The van der Waals surface area contributed by atoms with Gasteiger partial charge in [-0.1, -0.05) is 0 Å². The Morgan fingerprint density at radius 2 is 1.58 bits per heavy atom. The van der Waals surface area contributed by atoms with E-state index in [-0.39, 0.29) is 36.6 Å². The van der Waals surface area contributed by atoms with Crippen molar-refractivity contribution in [3.63, 3.8) is 0 Å². The molecule has 0 aromatic rings. The number of rotatable bonds is 0. The molecule has 0 bridgehead atoms. The van der Waals surface area contributed by atoms with Gasteiger partial charge in [-0.25, -0.2) is 12.2 Å². The minimum atomic E-state index is 0. The third-order valence-corrected chi connectivity index (χ3v) is 0.586. The molecule has 0 spiro atoms. The Bertz CT molecular complexity index is 88.8. The Morgan fingerprint density at radius 1 is 1.17 bits per heavy atom. The van der Waals surface area contributed by atoms with Gasteiger partial charge in [0.2, 0.25) is 0 Å². The van der Waals surface area contributed by atoms with E-state index in [1.165, 1.54) is 5.92 Å². The van der Waals surface area contributed by atoms with Crippen LogP contribution in [0.4, 0.5) is 0 Å². The largest absolute Gasteiger partial charge is 4.00 e. The van der Waals surface area contributed by atoms with Crippen LogP contribution in [0, 0.1) is 26.8 Å². The fourth-order valence-corrected chi connectivity index (χ4v) is 0.340. The molecule has 1 heteroatoms. The smallest absolute Gasteiger partial charge is 0.358 e. The molecular weight excluding hydrogens is 180 g/mol. The van der Waals surface area contributed by atoms with Crippen molar-refractivity contribution in [3.8, 4) is 0 Å². The van der Waals surface area contributed by atoms with E-state index in [0.29, 0.717) is 0 Å². The first-order chi connectivity index (χ1) is 4.23. The maximum atomic E-state index is 2.99. The summed E-state index contributed by atoms with van der Waals surface area (Å²) >= 11 is 0. The van der Waals surface area contributed by atoms with Crippen molar-refractivity contribution < 1.29 is 21.7 Å². The van der Waals surface area contributed by atoms with E-state index in [0.717, 1.165) is 6.42 Å². The Morgan fingerprint density at radius 3 is 1.67 bits per heavy atom. The summed E-state index contributed by atoms with van der Waals surface area (Å²) in [6, 6.07) is 0. The summed E-state index contributed by atoms with van der Waals surface area (Å²) in [5.41, 5.74) is 0. The second-order valence-corrected chi connectivity index (χ2v) is 2.50. The first kappa shape index (κ1) is 22.8. The van der Waals surface area contributed by atoms with Gasteiger partial charge in [-0.05, 0) is 0 Å². The molecule has 0 saturated carbocycles. The van der Waals surface area contributed by atoms with Crippen LogP contribution >= 0.6 is 0 Å². The number of hydrogen-bond donors (Lipinski definition) is 0. The van der Waals surface area contributed by atoms with Gasteiger partial charge in [-0.2, -0.15) is 26.8 Å². The first-order valence-electron chi connectivity index (χ1n) is 3.22. The molecule has 68 valence electrons. The standard InChI is InChI=1S/C5H5.C4H9.2CH3.Ti/c1-2-4-5-3-1;1-4(2)3;;;/h1-3H,4H2;1-3H3;2*1H3;/q4*-1;+4. The summed E-state index contributed by atoms with van der Waals surface area (Å²) in [4.78, 5) is 0. The molecule has 0 radical (unpaired) electrons. The van der Waals surface area contributed by atoms with Gasteiger partial charge in [0.05, 0.1) is 0 Å². The minimum absolute atomic E-state index is 0. The molecule has 0 saturated heterocycles. The van der Waals surface area contributed by atoms with Crippen molar-refractivity contribution in [1.29, 1.82) is 0 Å². The molecular formula is C11H20Ti. The zero-order chi connectivity index (χ0) is 7.11. The molecule has 0 unspecified atom stereocenters.